The largest absolute Gasteiger partial charge is 0.358 e. The van der Waals surface area contributed by atoms with Crippen LogP contribution in [0.5, 0.6) is 0 Å². The zero-order valence-electron chi connectivity index (χ0n) is 15.1. The third-order valence-corrected chi connectivity index (χ3v) is 6.72. The van der Waals surface area contributed by atoms with E-state index in [1.165, 1.54) is 12.1 Å². The maximum absolute atomic E-state index is 12.5. The van der Waals surface area contributed by atoms with Crippen LogP contribution < -0.4 is 4.72 Å². The van der Waals surface area contributed by atoms with E-state index in [1.54, 1.807) is 12.1 Å². The van der Waals surface area contributed by atoms with Gasteiger partial charge >= 0.3 is 0 Å². The first kappa shape index (κ1) is 20.9. The first-order valence-electron chi connectivity index (χ1n) is 8.88. The first-order valence-corrected chi connectivity index (χ1v) is 11.5. The predicted octanol–water partition coefficient (Wildman–Crippen LogP) is 5.06. The van der Waals surface area contributed by atoms with Crippen LogP contribution in [0.15, 0.2) is 51.8 Å². The van der Waals surface area contributed by atoms with Crippen molar-refractivity contribution in [3.05, 3.63) is 63.2 Å². The topological polar surface area (TPSA) is 62.0 Å². The van der Waals surface area contributed by atoms with Crippen LogP contribution in [0.2, 0.25) is 5.02 Å². The fourth-order valence-electron chi connectivity index (χ4n) is 3.16. The molecular formula is C21H20BrClN2O2S. The van der Waals surface area contributed by atoms with Crippen LogP contribution in [-0.4, -0.2) is 19.9 Å². The zero-order valence-corrected chi connectivity index (χ0v) is 18.3. The number of hydrogen-bond acceptors (Lipinski definition) is 2. The number of aromatic amines is 1. The Morgan fingerprint density at radius 1 is 1.14 bits per heavy atom. The molecule has 1 aromatic heterocycles. The highest BCUT2D eigenvalue weighted by molar-refractivity contribution is 9.10. The summed E-state index contributed by atoms with van der Waals surface area (Å²) >= 11 is 9.33. The molecule has 0 aliphatic carbocycles. The summed E-state index contributed by atoms with van der Waals surface area (Å²) < 4.78 is 28.6. The van der Waals surface area contributed by atoms with Crippen molar-refractivity contribution in [1.29, 1.82) is 0 Å². The molecule has 0 bridgehead atoms. The van der Waals surface area contributed by atoms with E-state index in [0.717, 1.165) is 39.5 Å². The minimum atomic E-state index is -3.58. The number of fused-ring (bicyclic) bond motifs is 1. The molecule has 0 unspecified atom stereocenters. The monoisotopic (exact) mass is 478 g/mol. The molecule has 7 heteroatoms. The molecule has 2 N–H and O–H groups in total. The smallest absolute Gasteiger partial charge is 0.240 e. The molecule has 0 aliphatic rings. The van der Waals surface area contributed by atoms with Crippen LogP contribution in [-0.2, 0) is 22.9 Å². The summed E-state index contributed by atoms with van der Waals surface area (Å²) in [6.07, 6.45) is 8.37. The van der Waals surface area contributed by atoms with E-state index < -0.39 is 10.0 Å². The molecule has 2 aromatic carbocycles. The Kier molecular flexibility index (Phi) is 6.84. The number of aromatic nitrogens is 1. The maximum Gasteiger partial charge on any atom is 0.240 e. The van der Waals surface area contributed by atoms with E-state index in [0.29, 0.717) is 24.4 Å². The predicted molar refractivity (Wildman–Crippen MR) is 118 cm³/mol. The second kappa shape index (κ2) is 9.15. The molecule has 28 heavy (non-hydrogen) atoms. The number of sulfonamides is 1. The summed E-state index contributed by atoms with van der Waals surface area (Å²) in [4.78, 5) is 3.66. The molecule has 0 saturated heterocycles. The highest BCUT2D eigenvalue weighted by Gasteiger charge is 2.16. The fraction of sp³-hybridized carbons (Fsp3) is 0.238. The number of hydrogen-bond donors (Lipinski definition) is 2. The van der Waals surface area contributed by atoms with Gasteiger partial charge in [-0.2, -0.15) is 0 Å². The van der Waals surface area contributed by atoms with Gasteiger partial charge in [-0.05, 0) is 61.2 Å². The summed E-state index contributed by atoms with van der Waals surface area (Å²) in [5, 5.41) is 1.60. The van der Waals surface area contributed by atoms with E-state index in [-0.39, 0.29) is 4.90 Å². The molecule has 0 atom stereocenters. The van der Waals surface area contributed by atoms with Gasteiger partial charge in [0.2, 0.25) is 10.0 Å². The number of aryl methyl sites for hydroxylation is 1. The second-order valence-electron chi connectivity index (χ2n) is 6.43. The van der Waals surface area contributed by atoms with E-state index >= 15 is 0 Å². The molecule has 1 heterocycles. The Balaban J connectivity index is 1.78. The summed E-state index contributed by atoms with van der Waals surface area (Å²) in [6.45, 7) is 0.302. The maximum atomic E-state index is 12.5. The van der Waals surface area contributed by atoms with Gasteiger partial charge < -0.3 is 4.98 Å². The number of terminal acetylenes is 1. The molecule has 146 valence electrons. The molecule has 4 nitrogen and oxygen atoms in total. The number of unbranched alkanes of at least 4 members (excludes halogenated alkanes) is 1. The van der Waals surface area contributed by atoms with Gasteiger partial charge in [-0.3, -0.25) is 0 Å². The highest BCUT2D eigenvalue weighted by Crippen LogP contribution is 2.27. The molecule has 3 rings (SSSR count). The number of rotatable bonds is 8. The minimum Gasteiger partial charge on any atom is -0.358 e. The lowest BCUT2D eigenvalue weighted by Crippen LogP contribution is -2.26. The van der Waals surface area contributed by atoms with Crippen molar-refractivity contribution in [2.24, 2.45) is 0 Å². The Hall–Kier alpha value is -1.78. The van der Waals surface area contributed by atoms with Gasteiger partial charge in [0.25, 0.3) is 0 Å². The van der Waals surface area contributed by atoms with Crippen molar-refractivity contribution in [3.8, 4) is 12.3 Å². The van der Waals surface area contributed by atoms with Crippen molar-refractivity contribution in [3.63, 3.8) is 0 Å². The summed E-state index contributed by atoms with van der Waals surface area (Å²) in [7, 11) is -3.58. The Morgan fingerprint density at radius 3 is 2.61 bits per heavy atom. The number of halogens is 2. The highest BCUT2D eigenvalue weighted by atomic mass is 79.9. The van der Waals surface area contributed by atoms with Gasteiger partial charge in [-0.25, -0.2) is 13.1 Å². The van der Waals surface area contributed by atoms with Crippen molar-refractivity contribution in [2.45, 2.75) is 30.6 Å². The molecule has 0 radical (unpaired) electrons. The van der Waals surface area contributed by atoms with Gasteiger partial charge in [-0.15, -0.1) is 12.3 Å². The van der Waals surface area contributed by atoms with Gasteiger partial charge in [0.05, 0.1) is 4.90 Å². The lowest BCUT2D eigenvalue weighted by molar-refractivity contribution is 0.581. The van der Waals surface area contributed by atoms with Crippen LogP contribution in [0.4, 0.5) is 0 Å². The molecule has 3 aromatic rings. The van der Waals surface area contributed by atoms with E-state index in [1.807, 2.05) is 18.2 Å². The van der Waals surface area contributed by atoms with Crippen molar-refractivity contribution < 1.29 is 8.42 Å². The average molecular weight is 480 g/mol. The Morgan fingerprint density at radius 2 is 1.89 bits per heavy atom. The summed E-state index contributed by atoms with van der Waals surface area (Å²) in [5.41, 5.74) is 3.26. The van der Waals surface area contributed by atoms with Crippen molar-refractivity contribution >= 4 is 48.5 Å². The van der Waals surface area contributed by atoms with E-state index in [9.17, 15) is 8.42 Å². The third kappa shape index (κ3) is 4.98. The molecule has 0 amide bonds. The lowest BCUT2D eigenvalue weighted by Gasteiger charge is -2.08. The van der Waals surface area contributed by atoms with Crippen molar-refractivity contribution in [2.75, 3.05) is 6.54 Å². The van der Waals surface area contributed by atoms with Crippen molar-refractivity contribution in [1.82, 2.24) is 9.71 Å². The van der Waals surface area contributed by atoms with Gasteiger partial charge in [0, 0.05) is 39.1 Å². The number of H-pyrrole nitrogens is 1. The van der Waals surface area contributed by atoms with E-state index in [2.05, 4.69) is 31.6 Å². The Bertz CT molecular complexity index is 1120. The lowest BCUT2D eigenvalue weighted by atomic mass is 10.0. The van der Waals surface area contributed by atoms with E-state index in [4.69, 9.17) is 18.0 Å². The normalized spacial score (nSPS) is 11.6. The quantitative estimate of drug-likeness (QED) is 0.350. The first-order chi connectivity index (χ1) is 13.4. The summed E-state index contributed by atoms with van der Waals surface area (Å²) in [6, 6.07) is 12.2. The molecule has 0 saturated carbocycles. The summed E-state index contributed by atoms with van der Waals surface area (Å²) in [5.74, 6) is 2.66. The molecule has 0 spiro atoms. The van der Waals surface area contributed by atoms with Gasteiger partial charge in [0.1, 0.15) is 0 Å². The number of nitrogens with one attached hydrogen (secondary N) is 2. The molecule has 0 aliphatic heterocycles. The van der Waals surface area contributed by atoms with Crippen LogP contribution >= 0.6 is 27.5 Å². The van der Waals surface area contributed by atoms with Crippen LogP contribution in [0.3, 0.4) is 0 Å². The SMILES string of the molecule is C#CCCCc1[nH]c2cc(Br)ccc2c1CCNS(=O)(=O)c1ccc(Cl)cc1. The Labute approximate surface area is 178 Å². The third-order valence-electron chi connectivity index (χ3n) is 4.50. The fourth-order valence-corrected chi connectivity index (χ4v) is 4.68. The van der Waals surface area contributed by atoms with Gasteiger partial charge in [0.15, 0.2) is 0 Å². The van der Waals surface area contributed by atoms with Crippen LogP contribution in [0.25, 0.3) is 10.9 Å². The number of benzene rings is 2. The minimum absolute atomic E-state index is 0.203. The van der Waals surface area contributed by atoms with Crippen LogP contribution in [0, 0.1) is 12.3 Å². The second-order valence-corrected chi connectivity index (χ2v) is 9.55. The zero-order chi connectivity index (χ0) is 20.1. The van der Waals surface area contributed by atoms with Crippen LogP contribution in [0.1, 0.15) is 24.1 Å². The molecular weight excluding hydrogens is 460 g/mol. The molecule has 0 fully saturated rings. The van der Waals surface area contributed by atoms with Gasteiger partial charge in [-0.1, -0.05) is 33.6 Å². The standard InChI is InChI=1S/C21H20BrClN2O2S/c1-2-3-4-5-20-19(18-11-6-15(22)14-21(18)25-20)12-13-24-28(26,27)17-9-7-16(23)8-10-17/h1,6-11,14,24-25H,3-5,12-13H2. The average Bonchev–Trinajstić information content (AvgIpc) is 2.99.